The average Bonchev–Trinajstić information content (AvgIpc) is 2.57. The van der Waals surface area contributed by atoms with Crippen LogP contribution in [0.4, 0.5) is 0 Å². The van der Waals surface area contributed by atoms with Crippen molar-refractivity contribution in [3.63, 3.8) is 0 Å². The normalized spacial score (nSPS) is 20.1. The van der Waals surface area contributed by atoms with E-state index in [0.717, 1.165) is 22.1 Å². The number of nitrogens with zero attached hydrogens (tertiary/aromatic N) is 3. The molecule has 1 aromatic rings. The monoisotopic (exact) mass is 381 g/mol. The van der Waals surface area contributed by atoms with Crippen LogP contribution in [0.15, 0.2) is 5.16 Å². The number of aromatic nitrogens is 2. The molecular weight excluding hydrogens is 354 g/mol. The number of esters is 1. The van der Waals surface area contributed by atoms with E-state index in [1.165, 1.54) is 11.8 Å². The Balaban J connectivity index is 1.81. The Morgan fingerprint density at radius 2 is 1.77 bits per heavy atom. The van der Waals surface area contributed by atoms with Crippen molar-refractivity contribution in [2.24, 2.45) is 0 Å². The summed E-state index contributed by atoms with van der Waals surface area (Å²) in [6, 6.07) is 0. The van der Waals surface area contributed by atoms with Gasteiger partial charge in [-0.3, -0.25) is 9.59 Å². The molecule has 7 nitrogen and oxygen atoms in total. The zero-order valence-electron chi connectivity index (χ0n) is 16.1. The van der Waals surface area contributed by atoms with Crippen LogP contribution >= 0.6 is 11.8 Å². The molecule has 0 radical (unpaired) electrons. The lowest BCUT2D eigenvalue weighted by atomic mass is 10.1. The van der Waals surface area contributed by atoms with Crippen molar-refractivity contribution in [2.45, 2.75) is 57.9 Å². The van der Waals surface area contributed by atoms with Crippen LogP contribution in [-0.2, 0) is 25.5 Å². The summed E-state index contributed by atoms with van der Waals surface area (Å²) < 4.78 is 10.8. The lowest BCUT2D eigenvalue weighted by molar-refractivity contribution is -0.157. The maximum Gasteiger partial charge on any atom is 0.306 e. The Bertz CT molecular complexity index is 635. The minimum atomic E-state index is -0.388. The van der Waals surface area contributed by atoms with Crippen molar-refractivity contribution >= 4 is 23.6 Å². The van der Waals surface area contributed by atoms with Crippen LogP contribution in [-0.4, -0.2) is 64.9 Å². The van der Waals surface area contributed by atoms with E-state index in [4.69, 9.17) is 9.47 Å². The van der Waals surface area contributed by atoms with Gasteiger partial charge in [0.2, 0.25) is 0 Å². The van der Waals surface area contributed by atoms with Gasteiger partial charge in [-0.2, -0.15) is 0 Å². The van der Waals surface area contributed by atoms with E-state index in [0.29, 0.717) is 19.5 Å². The minimum Gasteiger partial charge on any atom is -0.456 e. The smallest absolute Gasteiger partial charge is 0.306 e. The number of carbonyl (C=O) groups excluding carboxylic acids is 2. The Hall–Kier alpha value is -1.67. The molecule has 8 heteroatoms. The van der Waals surface area contributed by atoms with E-state index in [1.54, 1.807) is 4.90 Å². The molecule has 0 bridgehead atoms. The zero-order valence-corrected chi connectivity index (χ0v) is 16.9. The molecule has 0 unspecified atom stereocenters. The first-order valence-corrected chi connectivity index (χ1v) is 9.99. The van der Waals surface area contributed by atoms with E-state index < -0.39 is 0 Å². The SMILES string of the molecule is CSc1nc(C)c(CCC(=O)OCC(=O)N2C[C@@H](C)O[C@@H](C)C2)c(C)n1. The molecule has 2 rings (SSSR count). The number of amides is 1. The van der Waals surface area contributed by atoms with E-state index in [1.807, 2.05) is 34.0 Å². The summed E-state index contributed by atoms with van der Waals surface area (Å²) in [7, 11) is 0. The van der Waals surface area contributed by atoms with Gasteiger partial charge in [-0.05, 0) is 45.9 Å². The standard InChI is InChI=1S/C18H27N3O4S/c1-11-8-21(9-12(2)25-11)16(22)10-24-17(23)7-6-15-13(3)19-18(26-5)20-14(15)4/h11-12H,6-10H2,1-5H3/t11-,12+. The Kier molecular flexibility index (Phi) is 7.40. The Morgan fingerprint density at radius 1 is 1.19 bits per heavy atom. The molecule has 2 atom stereocenters. The number of hydrogen-bond donors (Lipinski definition) is 0. The molecule has 26 heavy (non-hydrogen) atoms. The van der Waals surface area contributed by atoms with Gasteiger partial charge in [0.25, 0.3) is 5.91 Å². The fourth-order valence-corrected chi connectivity index (χ4v) is 3.53. The van der Waals surface area contributed by atoms with Gasteiger partial charge in [-0.15, -0.1) is 0 Å². The van der Waals surface area contributed by atoms with Crippen molar-refractivity contribution < 1.29 is 19.1 Å². The van der Waals surface area contributed by atoms with E-state index in [-0.39, 0.29) is 37.1 Å². The van der Waals surface area contributed by atoms with Crippen LogP contribution in [0, 0.1) is 13.8 Å². The third kappa shape index (κ3) is 5.67. The predicted octanol–water partition coefficient (Wildman–Crippen LogP) is 1.93. The third-order valence-corrected chi connectivity index (χ3v) is 4.84. The number of carbonyl (C=O) groups is 2. The summed E-state index contributed by atoms with van der Waals surface area (Å²) in [5.74, 6) is -0.569. The number of thioether (sulfide) groups is 1. The molecule has 2 heterocycles. The maximum absolute atomic E-state index is 12.2. The van der Waals surface area contributed by atoms with Crippen molar-refractivity contribution in [1.82, 2.24) is 14.9 Å². The average molecular weight is 381 g/mol. The van der Waals surface area contributed by atoms with Crippen LogP contribution in [0.1, 0.15) is 37.2 Å². The van der Waals surface area contributed by atoms with Crippen molar-refractivity contribution in [3.8, 4) is 0 Å². The lowest BCUT2D eigenvalue weighted by Crippen LogP contribution is -2.49. The third-order valence-electron chi connectivity index (χ3n) is 4.29. The second-order valence-electron chi connectivity index (χ2n) is 6.58. The molecule has 0 aliphatic carbocycles. The molecule has 1 amide bonds. The van der Waals surface area contributed by atoms with Crippen LogP contribution in [0.25, 0.3) is 0 Å². The highest BCUT2D eigenvalue weighted by Gasteiger charge is 2.26. The first-order valence-electron chi connectivity index (χ1n) is 8.77. The van der Waals surface area contributed by atoms with Crippen LogP contribution in [0.3, 0.4) is 0 Å². The first kappa shape index (κ1) is 20.6. The van der Waals surface area contributed by atoms with E-state index in [9.17, 15) is 9.59 Å². The highest BCUT2D eigenvalue weighted by atomic mass is 32.2. The van der Waals surface area contributed by atoms with Gasteiger partial charge in [0, 0.05) is 30.9 Å². The summed E-state index contributed by atoms with van der Waals surface area (Å²) in [4.78, 5) is 34.7. The fraction of sp³-hybridized carbons (Fsp3) is 0.667. The highest BCUT2D eigenvalue weighted by Crippen LogP contribution is 2.17. The second kappa shape index (κ2) is 9.32. The Labute approximate surface area is 158 Å². The molecular formula is C18H27N3O4S. The lowest BCUT2D eigenvalue weighted by Gasteiger charge is -2.35. The van der Waals surface area contributed by atoms with Gasteiger partial charge in [-0.25, -0.2) is 9.97 Å². The fourth-order valence-electron chi connectivity index (χ4n) is 3.08. The number of aryl methyl sites for hydroxylation is 2. The number of rotatable bonds is 6. The van der Waals surface area contributed by atoms with Crippen LogP contribution in [0.5, 0.6) is 0 Å². The van der Waals surface area contributed by atoms with Crippen molar-refractivity contribution in [2.75, 3.05) is 26.0 Å². The van der Waals surface area contributed by atoms with Gasteiger partial charge in [0.1, 0.15) is 0 Å². The zero-order chi connectivity index (χ0) is 19.3. The van der Waals surface area contributed by atoms with Crippen LogP contribution in [0.2, 0.25) is 0 Å². The summed E-state index contributed by atoms with van der Waals surface area (Å²) in [6.07, 6.45) is 2.62. The topological polar surface area (TPSA) is 81.6 Å². The summed E-state index contributed by atoms with van der Waals surface area (Å²) in [6.45, 7) is 8.52. The number of ether oxygens (including phenoxy) is 2. The number of hydrogen-bond acceptors (Lipinski definition) is 7. The number of morpholine rings is 1. The molecule has 1 aliphatic rings. The largest absolute Gasteiger partial charge is 0.456 e. The van der Waals surface area contributed by atoms with Crippen molar-refractivity contribution in [3.05, 3.63) is 17.0 Å². The minimum absolute atomic E-state index is 0.00592. The van der Waals surface area contributed by atoms with E-state index in [2.05, 4.69) is 9.97 Å². The van der Waals surface area contributed by atoms with Gasteiger partial charge in [0.15, 0.2) is 11.8 Å². The summed E-state index contributed by atoms with van der Waals surface area (Å²) in [5, 5.41) is 0.728. The van der Waals surface area contributed by atoms with Gasteiger partial charge < -0.3 is 14.4 Å². The molecule has 1 aliphatic heterocycles. The van der Waals surface area contributed by atoms with Gasteiger partial charge >= 0.3 is 5.97 Å². The molecule has 1 aromatic heterocycles. The van der Waals surface area contributed by atoms with Crippen LogP contribution < -0.4 is 0 Å². The molecule has 0 spiro atoms. The molecule has 0 N–H and O–H groups in total. The van der Waals surface area contributed by atoms with E-state index >= 15 is 0 Å². The highest BCUT2D eigenvalue weighted by molar-refractivity contribution is 7.98. The predicted molar refractivity (Wildman–Crippen MR) is 99.2 cm³/mol. The van der Waals surface area contributed by atoms with Gasteiger partial charge in [0.05, 0.1) is 12.2 Å². The second-order valence-corrected chi connectivity index (χ2v) is 7.35. The summed E-state index contributed by atoms with van der Waals surface area (Å²) >= 11 is 1.49. The molecule has 1 saturated heterocycles. The van der Waals surface area contributed by atoms with Gasteiger partial charge in [-0.1, -0.05) is 11.8 Å². The maximum atomic E-state index is 12.2. The first-order chi connectivity index (χ1) is 12.3. The van der Waals surface area contributed by atoms with Crippen molar-refractivity contribution in [1.29, 1.82) is 0 Å². The molecule has 1 fully saturated rings. The molecule has 0 saturated carbocycles. The Morgan fingerprint density at radius 3 is 2.31 bits per heavy atom. The summed E-state index contributed by atoms with van der Waals surface area (Å²) in [5.41, 5.74) is 2.71. The molecule has 0 aromatic carbocycles. The molecule has 144 valence electrons. The quantitative estimate of drug-likeness (QED) is 0.423.